The van der Waals surface area contributed by atoms with Crippen LogP contribution in [0.3, 0.4) is 0 Å². The number of nitrogens with two attached hydrogens (primary N) is 1. The van der Waals surface area contributed by atoms with Gasteiger partial charge >= 0.3 is 6.18 Å². The van der Waals surface area contributed by atoms with Crippen LogP contribution in [0.25, 0.3) is 5.57 Å². The first-order valence-electron chi connectivity index (χ1n) is 10.6. The van der Waals surface area contributed by atoms with Crippen LogP contribution in [0.2, 0.25) is 0 Å². The van der Waals surface area contributed by atoms with Crippen molar-refractivity contribution < 1.29 is 27.2 Å². The number of aromatic nitrogens is 2. The number of H-pyrrole nitrogens is 1. The molecular formula is C23H26F4N6O2. The molecule has 188 valence electrons. The van der Waals surface area contributed by atoms with Gasteiger partial charge in [-0.25, -0.2) is 9.37 Å². The molecule has 1 amide bonds. The highest BCUT2D eigenvalue weighted by Gasteiger charge is 2.37. The number of carbonyl (C=O) groups excluding carboxylic acids is 2. The van der Waals surface area contributed by atoms with Gasteiger partial charge in [0.15, 0.2) is 6.29 Å². The highest BCUT2D eigenvalue weighted by molar-refractivity contribution is 6.10. The highest BCUT2D eigenvalue weighted by Crippen LogP contribution is 2.32. The van der Waals surface area contributed by atoms with Gasteiger partial charge in [0.1, 0.15) is 17.2 Å². The Hall–Kier alpha value is -3.67. The number of aldehydes is 1. The number of aromatic amines is 1. The summed E-state index contributed by atoms with van der Waals surface area (Å²) < 4.78 is 52.1. The molecule has 3 rings (SSSR count). The zero-order valence-electron chi connectivity index (χ0n) is 19.2. The fourth-order valence-corrected chi connectivity index (χ4v) is 3.31. The van der Waals surface area contributed by atoms with E-state index >= 15 is 0 Å². The topological polar surface area (TPSA) is 128 Å². The monoisotopic (exact) mass is 494 g/mol. The number of allylic oxidation sites excluding steroid dienone is 2. The summed E-state index contributed by atoms with van der Waals surface area (Å²) in [5.41, 5.74) is 3.70. The van der Waals surface area contributed by atoms with E-state index in [2.05, 4.69) is 19.9 Å². The number of amides is 1. The van der Waals surface area contributed by atoms with E-state index in [0.717, 1.165) is 37.7 Å². The fourth-order valence-electron chi connectivity index (χ4n) is 3.31. The van der Waals surface area contributed by atoms with Crippen molar-refractivity contribution in [3.05, 3.63) is 59.4 Å². The number of aliphatic imine (C=N–C) groups is 1. The number of benzene rings is 1. The van der Waals surface area contributed by atoms with Crippen LogP contribution in [-0.2, 0) is 4.79 Å². The molecule has 0 radical (unpaired) electrons. The number of hydrogen-bond donors (Lipinski definition) is 3. The number of rotatable bonds is 5. The first-order chi connectivity index (χ1) is 16.4. The summed E-state index contributed by atoms with van der Waals surface area (Å²) in [7, 11) is 1.96. The summed E-state index contributed by atoms with van der Waals surface area (Å²) in [6, 6.07) is 4.43. The average Bonchev–Trinajstić information content (AvgIpc) is 3.26. The molecular weight excluding hydrogens is 468 g/mol. The van der Waals surface area contributed by atoms with Crippen molar-refractivity contribution in [2.45, 2.75) is 38.4 Å². The van der Waals surface area contributed by atoms with Crippen molar-refractivity contribution in [1.82, 2.24) is 14.9 Å². The maximum absolute atomic E-state index is 13.1. The number of likely N-dealkylation sites (tertiary alicyclic amines) is 1. The number of hydrogen-bond acceptors (Lipinski definition) is 5. The van der Waals surface area contributed by atoms with Crippen LogP contribution in [0.15, 0.2) is 41.5 Å². The van der Waals surface area contributed by atoms with Gasteiger partial charge in [-0.3, -0.25) is 14.5 Å². The average molecular weight is 494 g/mol. The van der Waals surface area contributed by atoms with E-state index in [1.807, 2.05) is 7.05 Å². The van der Waals surface area contributed by atoms with E-state index in [0.29, 0.717) is 18.2 Å². The number of imidazole rings is 1. The number of halogens is 4. The van der Waals surface area contributed by atoms with Gasteiger partial charge in [0.25, 0.3) is 5.91 Å². The summed E-state index contributed by atoms with van der Waals surface area (Å²) in [5, 5.41) is 7.70. The molecule has 1 unspecified atom stereocenters. The minimum atomic E-state index is -4.77. The fraction of sp³-hybridized carbons (Fsp3) is 0.348. The lowest BCUT2D eigenvalue weighted by molar-refractivity contribution is -0.123. The normalized spacial score (nSPS) is 17.4. The Bertz CT molecular complexity index is 1100. The molecule has 2 heterocycles. The van der Waals surface area contributed by atoms with E-state index in [9.17, 15) is 27.2 Å². The second-order valence-corrected chi connectivity index (χ2v) is 7.86. The summed E-state index contributed by atoms with van der Waals surface area (Å²) in [6.45, 7) is 2.62. The molecule has 35 heavy (non-hydrogen) atoms. The SMILES string of the molecule is CC(N)=NC(=O)C1CCCCN1C.N=C(/C=C(\c1ncc(C=O)[nH]1)C(F)(F)F)c1ccc(F)cc1. The van der Waals surface area contributed by atoms with Crippen molar-refractivity contribution in [3.8, 4) is 0 Å². The van der Waals surface area contributed by atoms with E-state index < -0.39 is 29.1 Å². The third-order valence-electron chi connectivity index (χ3n) is 5.07. The van der Waals surface area contributed by atoms with Crippen molar-refractivity contribution >= 4 is 29.3 Å². The molecule has 0 saturated carbocycles. The van der Waals surface area contributed by atoms with Crippen LogP contribution in [0, 0.1) is 11.2 Å². The van der Waals surface area contributed by atoms with Gasteiger partial charge in [-0.1, -0.05) is 6.42 Å². The molecule has 1 aliphatic rings. The molecule has 1 fully saturated rings. The lowest BCUT2D eigenvalue weighted by Crippen LogP contribution is -2.41. The maximum atomic E-state index is 13.1. The third kappa shape index (κ3) is 8.25. The Morgan fingerprint density at radius 1 is 1.29 bits per heavy atom. The summed E-state index contributed by atoms with van der Waals surface area (Å²) in [6.07, 6.45) is 0.280. The Balaban J connectivity index is 0.000000283. The Kier molecular flexibility index (Phi) is 9.58. The Labute approximate surface area is 199 Å². The Morgan fingerprint density at radius 2 is 1.94 bits per heavy atom. The first kappa shape index (κ1) is 27.6. The van der Waals surface area contributed by atoms with Crippen LogP contribution in [-0.4, -0.2) is 64.4 Å². The molecule has 12 heteroatoms. The number of amidine groups is 1. The molecule has 4 N–H and O–H groups in total. The third-order valence-corrected chi connectivity index (χ3v) is 5.07. The molecule has 1 aromatic heterocycles. The molecule has 1 saturated heterocycles. The van der Waals surface area contributed by atoms with Gasteiger partial charge in [0.05, 0.1) is 29.5 Å². The van der Waals surface area contributed by atoms with E-state index in [4.69, 9.17) is 11.1 Å². The molecule has 1 aromatic carbocycles. The molecule has 2 aromatic rings. The zero-order chi connectivity index (χ0) is 26.2. The molecule has 1 atom stereocenters. The number of piperidine rings is 1. The van der Waals surface area contributed by atoms with E-state index in [-0.39, 0.29) is 23.2 Å². The van der Waals surface area contributed by atoms with Gasteiger partial charge in [-0.15, -0.1) is 0 Å². The molecule has 0 bridgehead atoms. The maximum Gasteiger partial charge on any atom is 0.420 e. The number of likely N-dealkylation sites (N-methyl/N-ethyl adjacent to an activating group) is 1. The summed E-state index contributed by atoms with van der Waals surface area (Å²) in [5.74, 6) is -0.870. The van der Waals surface area contributed by atoms with Crippen LogP contribution in [0.5, 0.6) is 0 Å². The molecule has 8 nitrogen and oxygen atoms in total. The number of nitrogens with one attached hydrogen (secondary N) is 2. The van der Waals surface area contributed by atoms with Crippen LogP contribution in [0.1, 0.15) is 48.1 Å². The number of nitrogens with zero attached hydrogens (tertiary/aromatic N) is 3. The zero-order valence-corrected chi connectivity index (χ0v) is 19.2. The lowest BCUT2D eigenvalue weighted by Gasteiger charge is -2.29. The second kappa shape index (κ2) is 12.2. The van der Waals surface area contributed by atoms with Crippen molar-refractivity contribution in [3.63, 3.8) is 0 Å². The molecule has 0 spiro atoms. The minimum Gasteiger partial charge on any atom is -0.387 e. The van der Waals surface area contributed by atoms with Gasteiger partial charge in [0.2, 0.25) is 0 Å². The lowest BCUT2D eigenvalue weighted by atomic mass is 10.0. The van der Waals surface area contributed by atoms with Gasteiger partial charge in [-0.05, 0) is 69.3 Å². The summed E-state index contributed by atoms with van der Waals surface area (Å²) in [4.78, 5) is 33.5. The molecule has 0 aliphatic carbocycles. The van der Waals surface area contributed by atoms with Crippen molar-refractivity contribution in [2.75, 3.05) is 13.6 Å². The standard InChI is InChI=1S/C14H9F4N3O.C9H17N3O/c15-9-3-1-8(2-4-9)12(19)5-11(14(16,17)18)13-20-6-10(7-22)21-13;1-7(10)11-9(13)8-5-3-4-6-12(8)2/h1-7,19H,(H,20,21);8H,3-6H2,1-2H3,(H2,10,11,13)/b11-5+,19-12?;. The quantitative estimate of drug-likeness (QED) is 0.252. The second-order valence-electron chi connectivity index (χ2n) is 7.86. The number of carbonyl (C=O) groups is 2. The van der Waals surface area contributed by atoms with Gasteiger partial charge < -0.3 is 16.1 Å². The van der Waals surface area contributed by atoms with Crippen molar-refractivity contribution in [1.29, 1.82) is 5.41 Å². The Morgan fingerprint density at radius 3 is 2.46 bits per heavy atom. The molecule has 1 aliphatic heterocycles. The van der Waals surface area contributed by atoms with E-state index in [1.165, 1.54) is 18.6 Å². The first-order valence-corrected chi connectivity index (χ1v) is 10.6. The highest BCUT2D eigenvalue weighted by atomic mass is 19.4. The van der Waals surface area contributed by atoms with Crippen molar-refractivity contribution in [2.24, 2.45) is 10.7 Å². The van der Waals surface area contributed by atoms with E-state index in [1.54, 1.807) is 6.92 Å². The predicted octanol–water partition coefficient (Wildman–Crippen LogP) is 3.75. The smallest absolute Gasteiger partial charge is 0.387 e. The minimum absolute atomic E-state index is 0.0488. The van der Waals surface area contributed by atoms with Gasteiger partial charge in [0, 0.05) is 0 Å². The predicted molar refractivity (Wildman–Crippen MR) is 124 cm³/mol. The van der Waals surface area contributed by atoms with Crippen LogP contribution in [0.4, 0.5) is 17.6 Å². The largest absolute Gasteiger partial charge is 0.420 e. The van der Waals surface area contributed by atoms with Gasteiger partial charge in [-0.2, -0.15) is 18.2 Å². The number of alkyl halides is 3. The van der Waals surface area contributed by atoms with Crippen LogP contribution >= 0.6 is 0 Å². The summed E-state index contributed by atoms with van der Waals surface area (Å²) >= 11 is 0. The van der Waals surface area contributed by atoms with Crippen LogP contribution < -0.4 is 5.73 Å².